The Morgan fingerprint density at radius 3 is 2.38 bits per heavy atom. The summed E-state index contributed by atoms with van der Waals surface area (Å²) in [6.07, 6.45) is -4.90. The standard InChI is InChI=1S/C19H15F3O4/c1-3-24-14-10-9-13-15(23)17(25-12-7-5-4-6-8-12)18(19(20,21)22)26-16(13)11(14)2/h4-10H,3H2,1-2H3. The van der Waals surface area contributed by atoms with Crippen molar-refractivity contribution in [2.75, 3.05) is 6.61 Å². The molecule has 0 aliphatic heterocycles. The molecule has 0 saturated heterocycles. The van der Waals surface area contributed by atoms with Crippen molar-refractivity contribution < 1.29 is 27.1 Å². The lowest BCUT2D eigenvalue weighted by Gasteiger charge is -2.15. The van der Waals surface area contributed by atoms with E-state index in [0.29, 0.717) is 17.9 Å². The molecule has 0 bridgehead atoms. The number of para-hydroxylation sites is 1. The third-order valence-electron chi connectivity index (χ3n) is 3.74. The zero-order valence-corrected chi connectivity index (χ0v) is 14.0. The number of ether oxygens (including phenoxy) is 2. The molecule has 26 heavy (non-hydrogen) atoms. The van der Waals surface area contributed by atoms with Gasteiger partial charge in [-0.3, -0.25) is 4.79 Å². The van der Waals surface area contributed by atoms with E-state index in [4.69, 9.17) is 13.9 Å². The lowest BCUT2D eigenvalue weighted by atomic mass is 10.1. The molecule has 4 nitrogen and oxygen atoms in total. The highest BCUT2D eigenvalue weighted by Gasteiger charge is 2.40. The minimum atomic E-state index is -4.90. The Hall–Kier alpha value is -2.96. The van der Waals surface area contributed by atoms with Crippen LogP contribution in [0.2, 0.25) is 0 Å². The molecule has 0 saturated carbocycles. The van der Waals surface area contributed by atoms with Crippen LogP contribution in [0.1, 0.15) is 18.2 Å². The van der Waals surface area contributed by atoms with E-state index in [0.717, 1.165) is 0 Å². The maximum Gasteiger partial charge on any atom is 0.453 e. The zero-order valence-electron chi connectivity index (χ0n) is 14.0. The highest BCUT2D eigenvalue weighted by Crippen LogP contribution is 2.39. The van der Waals surface area contributed by atoms with Crippen LogP contribution in [0.15, 0.2) is 51.7 Å². The maximum absolute atomic E-state index is 13.5. The first-order valence-corrected chi connectivity index (χ1v) is 7.86. The van der Waals surface area contributed by atoms with E-state index < -0.39 is 23.1 Å². The van der Waals surface area contributed by atoms with E-state index in [1.54, 1.807) is 25.1 Å². The van der Waals surface area contributed by atoms with Gasteiger partial charge in [0.05, 0.1) is 12.0 Å². The second-order valence-electron chi connectivity index (χ2n) is 5.50. The molecule has 2 aromatic carbocycles. The number of benzene rings is 2. The minimum Gasteiger partial charge on any atom is -0.493 e. The number of halogens is 3. The lowest BCUT2D eigenvalue weighted by Crippen LogP contribution is -2.16. The average Bonchev–Trinajstić information content (AvgIpc) is 2.60. The Kier molecular flexibility index (Phi) is 4.63. The van der Waals surface area contributed by atoms with Crippen LogP contribution in [0.25, 0.3) is 11.0 Å². The summed E-state index contributed by atoms with van der Waals surface area (Å²) in [5.41, 5.74) is -0.750. The summed E-state index contributed by atoms with van der Waals surface area (Å²) in [7, 11) is 0. The van der Waals surface area contributed by atoms with Crippen LogP contribution < -0.4 is 14.9 Å². The third kappa shape index (κ3) is 3.24. The first-order valence-electron chi connectivity index (χ1n) is 7.86. The summed E-state index contributed by atoms with van der Waals surface area (Å²) in [4.78, 5) is 12.7. The van der Waals surface area contributed by atoms with Crippen LogP contribution in [-0.2, 0) is 6.18 Å². The molecule has 3 aromatic rings. The molecule has 0 N–H and O–H groups in total. The Morgan fingerprint density at radius 2 is 1.77 bits per heavy atom. The fourth-order valence-electron chi connectivity index (χ4n) is 2.56. The van der Waals surface area contributed by atoms with Gasteiger partial charge in [0.2, 0.25) is 11.2 Å². The van der Waals surface area contributed by atoms with Crippen LogP contribution in [0, 0.1) is 6.92 Å². The number of hydrogen-bond acceptors (Lipinski definition) is 4. The second-order valence-corrected chi connectivity index (χ2v) is 5.50. The van der Waals surface area contributed by atoms with E-state index in [1.165, 1.54) is 31.2 Å². The summed E-state index contributed by atoms with van der Waals surface area (Å²) < 4.78 is 56.2. The van der Waals surface area contributed by atoms with Gasteiger partial charge in [-0.2, -0.15) is 13.2 Å². The Bertz CT molecular complexity index is 992. The quantitative estimate of drug-likeness (QED) is 0.629. The van der Waals surface area contributed by atoms with Crippen LogP contribution in [0.5, 0.6) is 17.2 Å². The zero-order chi connectivity index (χ0) is 18.9. The molecule has 3 rings (SSSR count). The third-order valence-corrected chi connectivity index (χ3v) is 3.74. The maximum atomic E-state index is 13.5. The molecule has 136 valence electrons. The number of aryl methyl sites for hydroxylation is 1. The van der Waals surface area contributed by atoms with E-state index in [9.17, 15) is 18.0 Å². The fourth-order valence-corrected chi connectivity index (χ4v) is 2.56. The van der Waals surface area contributed by atoms with Crippen molar-refractivity contribution in [2.24, 2.45) is 0 Å². The van der Waals surface area contributed by atoms with Gasteiger partial charge in [-0.05, 0) is 38.1 Å². The van der Waals surface area contributed by atoms with Crippen molar-refractivity contribution in [3.05, 3.63) is 64.0 Å². The largest absolute Gasteiger partial charge is 0.493 e. The smallest absolute Gasteiger partial charge is 0.453 e. The van der Waals surface area contributed by atoms with Gasteiger partial charge in [-0.15, -0.1) is 0 Å². The predicted molar refractivity (Wildman–Crippen MR) is 89.9 cm³/mol. The normalized spacial score (nSPS) is 11.6. The molecule has 0 unspecified atom stereocenters. The molecule has 0 fully saturated rings. The SMILES string of the molecule is CCOc1ccc2c(=O)c(Oc3ccccc3)c(C(F)(F)F)oc2c1C. The van der Waals surface area contributed by atoms with Crippen LogP contribution in [0.4, 0.5) is 13.2 Å². The average molecular weight is 364 g/mol. The first kappa shape index (κ1) is 17.8. The van der Waals surface area contributed by atoms with Crippen molar-refractivity contribution >= 4 is 11.0 Å². The van der Waals surface area contributed by atoms with Gasteiger partial charge in [0.1, 0.15) is 17.1 Å². The monoisotopic (exact) mass is 364 g/mol. The van der Waals surface area contributed by atoms with Gasteiger partial charge in [0.15, 0.2) is 0 Å². The molecule has 0 radical (unpaired) electrons. The molecule has 0 aliphatic carbocycles. The molecule has 7 heteroatoms. The number of hydrogen-bond donors (Lipinski definition) is 0. The van der Waals surface area contributed by atoms with Gasteiger partial charge in [0, 0.05) is 5.56 Å². The topological polar surface area (TPSA) is 48.7 Å². The van der Waals surface area contributed by atoms with Crippen LogP contribution in [0.3, 0.4) is 0 Å². The molecular weight excluding hydrogens is 349 g/mol. The lowest BCUT2D eigenvalue weighted by molar-refractivity contribution is -0.154. The summed E-state index contributed by atoms with van der Waals surface area (Å²) >= 11 is 0. The Labute approximate surface area is 146 Å². The molecule has 1 aromatic heterocycles. The molecule has 0 spiro atoms. The molecule has 1 heterocycles. The molecule has 0 aliphatic rings. The minimum absolute atomic E-state index is 0.00937. The summed E-state index contributed by atoms with van der Waals surface area (Å²) in [6.45, 7) is 3.61. The van der Waals surface area contributed by atoms with Gasteiger partial charge < -0.3 is 13.9 Å². The summed E-state index contributed by atoms with van der Waals surface area (Å²) in [5.74, 6) is -1.91. The fraction of sp³-hybridized carbons (Fsp3) is 0.211. The summed E-state index contributed by atoms with van der Waals surface area (Å²) in [5, 5.41) is -0.00937. The van der Waals surface area contributed by atoms with Crippen molar-refractivity contribution in [2.45, 2.75) is 20.0 Å². The molecule has 0 amide bonds. The number of alkyl halides is 3. The molecule has 0 atom stereocenters. The van der Waals surface area contributed by atoms with Crippen molar-refractivity contribution in [1.82, 2.24) is 0 Å². The van der Waals surface area contributed by atoms with Crippen molar-refractivity contribution in [3.8, 4) is 17.2 Å². The number of rotatable bonds is 4. The summed E-state index contributed by atoms with van der Waals surface area (Å²) in [6, 6.07) is 10.7. The van der Waals surface area contributed by atoms with Crippen LogP contribution >= 0.6 is 0 Å². The van der Waals surface area contributed by atoms with Crippen molar-refractivity contribution in [1.29, 1.82) is 0 Å². The first-order chi connectivity index (χ1) is 12.3. The number of fused-ring (bicyclic) bond motifs is 1. The van der Waals surface area contributed by atoms with Gasteiger partial charge in [0.25, 0.3) is 5.76 Å². The highest BCUT2D eigenvalue weighted by atomic mass is 19.4. The Balaban J connectivity index is 2.28. The van der Waals surface area contributed by atoms with Gasteiger partial charge >= 0.3 is 6.18 Å². The second kappa shape index (κ2) is 6.74. The Morgan fingerprint density at radius 1 is 1.08 bits per heavy atom. The van der Waals surface area contributed by atoms with E-state index in [2.05, 4.69) is 0 Å². The van der Waals surface area contributed by atoms with Crippen molar-refractivity contribution in [3.63, 3.8) is 0 Å². The van der Waals surface area contributed by atoms with Gasteiger partial charge in [-0.25, -0.2) is 0 Å². The van der Waals surface area contributed by atoms with Gasteiger partial charge in [-0.1, -0.05) is 18.2 Å². The molecular formula is C19H15F3O4. The van der Waals surface area contributed by atoms with E-state index in [1.807, 2.05) is 0 Å². The van der Waals surface area contributed by atoms with Crippen LogP contribution in [-0.4, -0.2) is 6.61 Å². The highest BCUT2D eigenvalue weighted by molar-refractivity contribution is 5.83. The van der Waals surface area contributed by atoms with E-state index in [-0.39, 0.29) is 16.7 Å². The van der Waals surface area contributed by atoms with E-state index >= 15 is 0 Å². The predicted octanol–water partition coefficient (Wildman–Crippen LogP) is 5.31.